The van der Waals surface area contributed by atoms with Gasteiger partial charge in [-0.1, -0.05) is 20.8 Å². The molecule has 1 unspecified atom stereocenters. The lowest BCUT2D eigenvalue weighted by molar-refractivity contribution is 0.0920. The van der Waals surface area contributed by atoms with Gasteiger partial charge >= 0.3 is 0 Å². The summed E-state index contributed by atoms with van der Waals surface area (Å²) in [6.45, 7) is 6.01. The van der Waals surface area contributed by atoms with Crippen LogP contribution in [0, 0.1) is 5.92 Å². The van der Waals surface area contributed by atoms with E-state index in [1.165, 1.54) is 12.3 Å². The molecule has 0 saturated carbocycles. The Hall–Kier alpha value is -1.34. The van der Waals surface area contributed by atoms with E-state index >= 15 is 0 Å². The number of nitrogens with two attached hydrogens (primary N) is 1. The summed E-state index contributed by atoms with van der Waals surface area (Å²) in [5, 5.41) is 7.81. The largest absolute Gasteiger partial charge is 0.356 e. The molecule has 0 bridgehead atoms. The third-order valence-corrected chi connectivity index (χ3v) is 3.68. The summed E-state index contributed by atoms with van der Waals surface area (Å²) < 4.78 is 22.2. The molecule has 1 atom stereocenters. The molecule has 1 heterocycles. The van der Waals surface area contributed by atoms with E-state index in [1.54, 1.807) is 0 Å². The number of aromatic nitrogens is 1. The van der Waals surface area contributed by atoms with Crippen LogP contribution in [0.25, 0.3) is 0 Å². The highest BCUT2D eigenvalue weighted by Gasteiger charge is 2.18. The van der Waals surface area contributed by atoms with Gasteiger partial charge in [-0.25, -0.2) is 13.6 Å². The van der Waals surface area contributed by atoms with E-state index in [4.69, 9.17) is 5.14 Å². The quantitative estimate of drug-likeness (QED) is 0.739. The predicted molar refractivity (Wildman–Crippen MR) is 68.5 cm³/mol. The summed E-state index contributed by atoms with van der Waals surface area (Å²) in [4.78, 5) is 14.4. The van der Waals surface area contributed by atoms with Crippen LogP contribution in [0.4, 0.5) is 0 Å². The van der Waals surface area contributed by atoms with Crippen LogP contribution in [0.2, 0.25) is 0 Å². The Bertz CT molecular complexity index is 519. The third-order valence-electron chi connectivity index (χ3n) is 2.79. The SMILES string of the molecule is CCC(NC(=O)c1cc(S(N)(=O)=O)c[nH]1)C(C)C. The summed E-state index contributed by atoms with van der Waals surface area (Å²) >= 11 is 0. The maximum absolute atomic E-state index is 11.9. The van der Waals surface area contributed by atoms with E-state index in [1.807, 2.05) is 20.8 Å². The highest BCUT2D eigenvalue weighted by Crippen LogP contribution is 2.10. The maximum Gasteiger partial charge on any atom is 0.267 e. The van der Waals surface area contributed by atoms with Gasteiger partial charge in [-0.2, -0.15) is 0 Å². The minimum Gasteiger partial charge on any atom is -0.356 e. The van der Waals surface area contributed by atoms with Crippen molar-refractivity contribution in [3.8, 4) is 0 Å². The van der Waals surface area contributed by atoms with Crippen LogP contribution in [-0.4, -0.2) is 25.4 Å². The molecule has 102 valence electrons. The lowest BCUT2D eigenvalue weighted by atomic mass is 10.0. The molecule has 0 aliphatic rings. The molecular formula is C11H19N3O3S. The zero-order valence-electron chi connectivity index (χ0n) is 10.7. The Kier molecular flexibility index (Phi) is 4.53. The van der Waals surface area contributed by atoms with Gasteiger partial charge in [0, 0.05) is 12.2 Å². The van der Waals surface area contributed by atoms with E-state index in [0.29, 0.717) is 5.92 Å². The minimum absolute atomic E-state index is 0.0544. The molecule has 1 aromatic heterocycles. The Morgan fingerprint density at radius 3 is 2.50 bits per heavy atom. The molecular weight excluding hydrogens is 254 g/mol. The second-order valence-electron chi connectivity index (χ2n) is 4.53. The van der Waals surface area contributed by atoms with Crippen LogP contribution >= 0.6 is 0 Å². The summed E-state index contributed by atoms with van der Waals surface area (Å²) in [6.07, 6.45) is 2.02. The highest BCUT2D eigenvalue weighted by molar-refractivity contribution is 7.89. The first-order valence-electron chi connectivity index (χ1n) is 5.77. The number of amides is 1. The highest BCUT2D eigenvalue weighted by atomic mass is 32.2. The molecule has 1 rings (SSSR count). The topological polar surface area (TPSA) is 105 Å². The lowest BCUT2D eigenvalue weighted by Crippen LogP contribution is -2.38. The molecule has 1 amide bonds. The van der Waals surface area contributed by atoms with Gasteiger partial charge in [0.1, 0.15) is 5.69 Å². The molecule has 0 aliphatic heterocycles. The van der Waals surface area contributed by atoms with Gasteiger partial charge in [-0.3, -0.25) is 4.79 Å². The molecule has 7 heteroatoms. The van der Waals surface area contributed by atoms with Crippen LogP contribution in [0.3, 0.4) is 0 Å². The van der Waals surface area contributed by atoms with Crippen molar-refractivity contribution in [1.29, 1.82) is 0 Å². The van der Waals surface area contributed by atoms with E-state index in [0.717, 1.165) is 6.42 Å². The number of nitrogens with one attached hydrogen (secondary N) is 2. The fraction of sp³-hybridized carbons (Fsp3) is 0.545. The van der Waals surface area contributed by atoms with Crippen molar-refractivity contribution in [2.45, 2.75) is 38.1 Å². The summed E-state index contributed by atoms with van der Waals surface area (Å²) in [6, 6.07) is 1.29. The Morgan fingerprint density at radius 2 is 2.11 bits per heavy atom. The maximum atomic E-state index is 11.9. The Balaban J connectivity index is 2.83. The summed E-state index contributed by atoms with van der Waals surface area (Å²) in [5.74, 6) is -0.0166. The minimum atomic E-state index is -3.78. The van der Waals surface area contributed by atoms with Crippen LogP contribution in [0.15, 0.2) is 17.2 Å². The molecule has 0 fully saturated rings. The van der Waals surface area contributed by atoms with Crippen molar-refractivity contribution >= 4 is 15.9 Å². The molecule has 0 aromatic carbocycles. The van der Waals surface area contributed by atoms with Gasteiger partial charge in [0.05, 0.1) is 4.90 Å². The number of primary sulfonamides is 1. The Morgan fingerprint density at radius 1 is 1.50 bits per heavy atom. The first-order chi connectivity index (χ1) is 8.25. The molecule has 0 saturated heterocycles. The number of carbonyl (C=O) groups excluding carboxylic acids is 1. The second-order valence-corrected chi connectivity index (χ2v) is 6.09. The zero-order chi connectivity index (χ0) is 13.9. The van der Waals surface area contributed by atoms with Gasteiger partial charge in [-0.05, 0) is 18.4 Å². The molecule has 4 N–H and O–H groups in total. The number of H-pyrrole nitrogens is 1. The van der Waals surface area contributed by atoms with Crippen molar-refractivity contribution < 1.29 is 13.2 Å². The molecule has 0 aliphatic carbocycles. The Labute approximate surface area is 107 Å². The fourth-order valence-corrected chi connectivity index (χ4v) is 2.16. The van der Waals surface area contributed by atoms with Gasteiger partial charge < -0.3 is 10.3 Å². The molecule has 0 radical (unpaired) electrons. The van der Waals surface area contributed by atoms with E-state index < -0.39 is 10.0 Å². The van der Waals surface area contributed by atoms with Crippen LogP contribution < -0.4 is 10.5 Å². The molecule has 1 aromatic rings. The van der Waals surface area contributed by atoms with Gasteiger partial charge in [0.15, 0.2) is 0 Å². The number of hydrogen-bond donors (Lipinski definition) is 3. The smallest absolute Gasteiger partial charge is 0.267 e. The third kappa shape index (κ3) is 3.58. The number of rotatable bonds is 5. The predicted octanol–water partition coefficient (Wildman–Crippen LogP) is 0.827. The monoisotopic (exact) mass is 273 g/mol. The van der Waals surface area contributed by atoms with Crippen molar-refractivity contribution in [2.75, 3.05) is 0 Å². The lowest BCUT2D eigenvalue weighted by Gasteiger charge is -2.20. The fourth-order valence-electron chi connectivity index (χ4n) is 1.66. The average molecular weight is 273 g/mol. The van der Waals surface area contributed by atoms with E-state index in [9.17, 15) is 13.2 Å². The van der Waals surface area contributed by atoms with Crippen molar-refractivity contribution in [3.05, 3.63) is 18.0 Å². The molecule has 6 nitrogen and oxygen atoms in total. The van der Waals surface area contributed by atoms with Gasteiger partial charge in [-0.15, -0.1) is 0 Å². The van der Waals surface area contributed by atoms with Crippen molar-refractivity contribution in [3.63, 3.8) is 0 Å². The average Bonchev–Trinajstić information content (AvgIpc) is 2.73. The summed E-state index contributed by atoms with van der Waals surface area (Å²) in [5.41, 5.74) is 0.193. The molecule has 0 spiro atoms. The standard InChI is InChI=1S/C11H19N3O3S/c1-4-9(7(2)3)14-11(15)10-5-8(6-13-10)18(12,16)17/h5-7,9,13H,4H2,1-3H3,(H,14,15)(H2,12,16,17). The number of hydrogen-bond acceptors (Lipinski definition) is 3. The number of sulfonamides is 1. The van der Waals surface area contributed by atoms with Gasteiger partial charge in [0.2, 0.25) is 10.0 Å². The van der Waals surface area contributed by atoms with Gasteiger partial charge in [0.25, 0.3) is 5.91 Å². The van der Waals surface area contributed by atoms with Crippen LogP contribution in [0.5, 0.6) is 0 Å². The van der Waals surface area contributed by atoms with Crippen molar-refractivity contribution in [2.24, 2.45) is 11.1 Å². The van der Waals surface area contributed by atoms with E-state index in [2.05, 4.69) is 10.3 Å². The normalized spacial score (nSPS) is 13.6. The van der Waals surface area contributed by atoms with Crippen LogP contribution in [-0.2, 0) is 10.0 Å². The van der Waals surface area contributed by atoms with E-state index in [-0.39, 0.29) is 22.5 Å². The number of aromatic amines is 1. The molecule has 18 heavy (non-hydrogen) atoms. The first-order valence-corrected chi connectivity index (χ1v) is 7.32. The second kappa shape index (κ2) is 5.53. The number of carbonyl (C=O) groups is 1. The van der Waals surface area contributed by atoms with Crippen molar-refractivity contribution in [1.82, 2.24) is 10.3 Å². The van der Waals surface area contributed by atoms with Crippen LogP contribution in [0.1, 0.15) is 37.7 Å². The zero-order valence-corrected chi connectivity index (χ0v) is 11.5. The first kappa shape index (κ1) is 14.7. The summed E-state index contributed by atoms with van der Waals surface area (Å²) in [7, 11) is -3.78.